The number of amides is 1. The maximum Gasteiger partial charge on any atom is 0.355 e. The molecule has 38 heavy (non-hydrogen) atoms. The van der Waals surface area contributed by atoms with Gasteiger partial charge < -0.3 is 35.3 Å². The van der Waals surface area contributed by atoms with Crippen molar-refractivity contribution in [1.29, 1.82) is 0 Å². The predicted molar refractivity (Wildman–Crippen MR) is 135 cm³/mol. The van der Waals surface area contributed by atoms with Crippen molar-refractivity contribution in [2.24, 2.45) is 10.7 Å². The van der Waals surface area contributed by atoms with Crippen LogP contribution >= 0.6 is 0 Å². The second-order valence-electron chi connectivity index (χ2n) is 9.60. The Bertz CT molecular complexity index is 1530. The number of hydrogen-bond donors (Lipinski definition) is 3. The summed E-state index contributed by atoms with van der Waals surface area (Å²) < 4.78 is 12.7. The molecule has 1 aliphatic carbocycles. The van der Waals surface area contributed by atoms with Crippen molar-refractivity contribution in [1.82, 2.24) is 20.1 Å². The van der Waals surface area contributed by atoms with E-state index in [0.29, 0.717) is 12.2 Å². The maximum absolute atomic E-state index is 13.8. The minimum Gasteiger partial charge on any atom is -0.457 e. The zero-order chi connectivity index (χ0) is 26.8. The Morgan fingerprint density at radius 1 is 1.37 bits per heavy atom. The molecule has 0 bridgehead atoms. The molecule has 4 N–H and O–H groups in total. The van der Waals surface area contributed by atoms with E-state index >= 15 is 0 Å². The van der Waals surface area contributed by atoms with Gasteiger partial charge in [-0.15, -0.1) is 0 Å². The summed E-state index contributed by atoms with van der Waals surface area (Å²) >= 11 is 0. The number of nitrogens with one attached hydrogen (secondary N) is 2. The molecule has 0 spiro atoms. The van der Waals surface area contributed by atoms with Crippen LogP contribution < -0.4 is 21.9 Å². The summed E-state index contributed by atoms with van der Waals surface area (Å²) in [5.41, 5.74) is 8.68. The molecule has 5 heterocycles. The summed E-state index contributed by atoms with van der Waals surface area (Å²) in [6.07, 6.45) is 7.60. The standard InChI is InChI=1S/C26H26N6O6/c1-3-26(38-20(34)10-31(2)19(33)8-27)15-7-18-22-13(9-32(18)24(35)14(15)11-37-25(26)36)23-21-16(28-12-29-23)5-4-6-17(21)30-22/h4-7,12,17,30H,3,8-11,27H2,1-2H3,(H,28,29)/t17?,26-/m0/s1. The fourth-order valence-electron chi connectivity index (χ4n) is 5.60. The lowest BCUT2D eigenvalue weighted by Crippen LogP contribution is -2.49. The number of hydrogen-bond acceptors (Lipinski definition) is 10. The molecule has 0 radical (unpaired) electrons. The van der Waals surface area contributed by atoms with Gasteiger partial charge in [-0.3, -0.25) is 14.4 Å². The van der Waals surface area contributed by atoms with E-state index < -0.39 is 30.0 Å². The average Bonchev–Trinajstić information content (AvgIpc) is 3.29. The van der Waals surface area contributed by atoms with Crippen LogP contribution in [0.3, 0.4) is 0 Å². The monoisotopic (exact) mass is 518 g/mol. The van der Waals surface area contributed by atoms with Gasteiger partial charge >= 0.3 is 11.9 Å². The van der Waals surface area contributed by atoms with E-state index in [0.717, 1.165) is 33.1 Å². The van der Waals surface area contributed by atoms with Gasteiger partial charge in [0.15, 0.2) is 0 Å². The van der Waals surface area contributed by atoms with Crippen LogP contribution in [0.4, 0.5) is 0 Å². The number of carbonyl (C=O) groups is 3. The van der Waals surface area contributed by atoms with Gasteiger partial charge in [0.25, 0.3) is 5.56 Å². The third-order valence-corrected chi connectivity index (χ3v) is 7.56. The molecule has 1 aromatic heterocycles. The Hall–Kier alpha value is -4.45. The van der Waals surface area contributed by atoms with E-state index in [9.17, 15) is 19.2 Å². The Morgan fingerprint density at radius 2 is 2.18 bits per heavy atom. The van der Waals surface area contributed by atoms with E-state index in [2.05, 4.69) is 15.6 Å². The number of nitrogens with two attached hydrogens (primary N) is 1. The number of esters is 2. The summed E-state index contributed by atoms with van der Waals surface area (Å²) in [4.78, 5) is 57.4. The third-order valence-electron chi connectivity index (χ3n) is 7.56. The molecule has 196 valence electrons. The van der Waals surface area contributed by atoms with Crippen LogP contribution in [0.2, 0.25) is 0 Å². The van der Waals surface area contributed by atoms with Crippen LogP contribution in [0.5, 0.6) is 0 Å². The molecule has 12 heteroatoms. The number of rotatable bonds is 5. The minimum absolute atomic E-state index is 0.0339. The van der Waals surface area contributed by atoms with Crippen molar-refractivity contribution in [2.45, 2.75) is 38.1 Å². The first-order chi connectivity index (χ1) is 18.3. The van der Waals surface area contributed by atoms with Crippen LogP contribution in [-0.2, 0) is 42.6 Å². The maximum atomic E-state index is 13.8. The fourth-order valence-corrected chi connectivity index (χ4v) is 5.60. The van der Waals surface area contributed by atoms with E-state index in [1.807, 2.05) is 18.2 Å². The second-order valence-corrected chi connectivity index (χ2v) is 9.60. The fraction of sp³-hybridized carbons (Fsp3) is 0.346. The molecule has 0 saturated heterocycles. The molecule has 0 aromatic carbocycles. The number of allylic oxidation sites excluding steroid dienone is 3. The number of likely N-dealkylation sites (N-methyl/N-ethyl adjacent to an activating group) is 1. The van der Waals surface area contributed by atoms with Gasteiger partial charge in [-0.2, -0.15) is 0 Å². The zero-order valence-electron chi connectivity index (χ0n) is 20.9. The first-order valence-electron chi connectivity index (χ1n) is 12.3. The summed E-state index contributed by atoms with van der Waals surface area (Å²) in [6.45, 7) is 1.06. The summed E-state index contributed by atoms with van der Waals surface area (Å²) in [6, 6.07) is 1.58. The molecule has 6 rings (SSSR count). The molecular formula is C26H26N6O6. The summed E-state index contributed by atoms with van der Waals surface area (Å²) in [7, 11) is 1.41. The van der Waals surface area contributed by atoms with Crippen LogP contribution in [0.15, 0.2) is 56.6 Å². The van der Waals surface area contributed by atoms with Gasteiger partial charge in [0.1, 0.15) is 13.2 Å². The molecule has 12 nitrogen and oxygen atoms in total. The first kappa shape index (κ1) is 23.9. The van der Waals surface area contributed by atoms with Crippen molar-refractivity contribution in [3.8, 4) is 0 Å². The van der Waals surface area contributed by atoms with Crippen molar-refractivity contribution >= 4 is 29.9 Å². The molecule has 2 atom stereocenters. The van der Waals surface area contributed by atoms with Crippen LogP contribution in [0.25, 0.3) is 5.70 Å². The minimum atomic E-state index is -1.83. The lowest BCUT2D eigenvalue weighted by molar-refractivity contribution is -0.190. The third kappa shape index (κ3) is 3.29. The van der Waals surface area contributed by atoms with E-state index in [-0.39, 0.29) is 42.3 Å². The molecule has 1 unspecified atom stereocenters. The van der Waals surface area contributed by atoms with Crippen molar-refractivity contribution in [3.63, 3.8) is 0 Å². The Morgan fingerprint density at radius 3 is 2.95 bits per heavy atom. The van der Waals surface area contributed by atoms with Gasteiger partial charge in [-0.25, -0.2) is 9.79 Å². The van der Waals surface area contributed by atoms with E-state index in [1.165, 1.54) is 7.05 Å². The number of dihydropyridines is 1. The summed E-state index contributed by atoms with van der Waals surface area (Å²) in [5, 5.41) is 6.69. The number of nitrogens with zero attached hydrogens (tertiary/aromatic N) is 3. The molecule has 1 aromatic rings. The van der Waals surface area contributed by atoms with Gasteiger partial charge in [0.2, 0.25) is 11.5 Å². The van der Waals surface area contributed by atoms with Gasteiger partial charge in [0.05, 0.1) is 48.1 Å². The van der Waals surface area contributed by atoms with E-state index in [1.54, 1.807) is 23.9 Å². The molecule has 0 saturated carbocycles. The highest BCUT2D eigenvalue weighted by Crippen LogP contribution is 2.43. The predicted octanol–water partition coefficient (Wildman–Crippen LogP) is -0.493. The SMILES string of the molecule is CC[C@@]1(OC(=O)CN(C)C(=O)CN)C(=O)OCc2c1cc1n(c2=O)CC2=C1NC1C=CC=C3NC=NC2=C31. The number of aromatic nitrogens is 1. The highest BCUT2D eigenvalue weighted by atomic mass is 16.6. The highest BCUT2D eigenvalue weighted by Gasteiger charge is 2.51. The van der Waals surface area contributed by atoms with Crippen molar-refractivity contribution in [3.05, 3.63) is 74.0 Å². The second kappa shape index (κ2) is 8.55. The van der Waals surface area contributed by atoms with Crippen molar-refractivity contribution in [2.75, 3.05) is 20.1 Å². The smallest absolute Gasteiger partial charge is 0.355 e. The summed E-state index contributed by atoms with van der Waals surface area (Å²) in [5.74, 6) is -2.04. The number of pyridine rings is 1. The lowest BCUT2D eigenvalue weighted by atomic mass is 9.85. The highest BCUT2D eigenvalue weighted by molar-refractivity contribution is 5.89. The molecule has 0 fully saturated rings. The number of ether oxygens (including phenoxy) is 2. The molecule has 4 aliphatic heterocycles. The number of cyclic esters (lactones) is 1. The average molecular weight is 519 g/mol. The van der Waals surface area contributed by atoms with E-state index in [4.69, 9.17) is 15.2 Å². The van der Waals surface area contributed by atoms with Crippen molar-refractivity contribution < 1.29 is 23.9 Å². The van der Waals surface area contributed by atoms with Crippen LogP contribution in [0, 0.1) is 0 Å². The topological polar surface area (TPSA) is 157 Å². The normalized spacial score (nSPS) is 23.8. The zero-order valence-corrected chi connectivity index (χ0v) is 20.9. The van der Waals surface area contributed by atoms with Gasteiger partial charge in [0, 0.05) is 29.5 Å². The van der Waals surface area contributed by atoms with Crippen LogP contribution in [0.1, 0.15) is 30.2 Å². The molecule has 5 aliphatic rings. The Balaban J connectivity index is 1.45. The molecular weight excluding hydrogens is 492 g/mol. The quantitative estimate of drug-likeness (QED) is 0.438. The number of aliphatic imine (C=N–C) groups is 1. The number of fused-ring (bicyclic) bond motifs is 4. The van der Waals surface area contributed by atoms with Gasteiger partial charge in [-0.1, -0.05) is 19.1 Å². The van der Waals surface area contributed by atoms with Crippen LogP contribution in [-0.4, -0.2) is 59.8 Å². The molecule has 1 amide bonds. The number of carbonyl (C=O) groups excluding carboxylic acids is 3. The largest absolute Gasteiger partial charge is 0.457 e. The first-order valence-corrected chi connectivity index (χ1v) is 12.3. The Kier molecular flexibility index (Phi) is 5.38. The Labute approximate surface area is 217 Å². The lowest BCUT2D eigenvalue weighted by Gasteiger charge is -2.36. The van der Waals surface area contributed by atoms with Gasteiger partial charge in [-0.05, 0) is 18.6 Å².